The van der Waals surface area contributed by atoms with Crippen LogP contribution in [0.15, 0.2) is 24.3 Å². The van der Waals surface area contributed by atoms with Crippen LogP contribution in [0, 0.1) is 0 Å². The minimum Gasteiger partial charge on any atom is -0.496 e. The second kappa shape index (κ2) is 5.34. The number of nitrogens with two attached hydrogens (primary N) is 1. The van der Waals surface area contributed by atoms with Gasteiger partial charge in [-0.25, -0.2) is 0 Å². The van der Waals surface area contributed by atoms with Crippen molar-refractivity contribution in [2.24, 2.45) is 7.05 Å². The fraction of sp³-hybridized carbons (Fsp3) is 0.400. The first-order valence-corrected chi connectivity index (χ1v) is 6.46. The van der Waals surface area contributed by atoms with Crippen molar-refractivity contribution in [3.05, 3.63) is 41.1 Å². The van der Waals surface area contributed by atoms with Crippen molar-refractivity contribution in [2.75, 3.05) is 12.8 Å². The molecular formula is C15H21N3O. The monoisotopic (exact) mass is 259 g/mol. The number of hydrogen-bond acceptors (Lipinski definition) is 3. The Balaban J connectivity index is 2.28. The van der Waals surface area contributed by atoms with E-state index in [2.05, 4.69) is 31.1 Å². The molecule has 2 aromatic rings. The lowest BCUT2D eigenvalue weighted by molar-refractivity contribution is 0.407. The molecule has 0 aliphatic rings. The van der Waals surface area contributed by atoms with Crippen LogP contribution in [0.3, 0.4) is 0 Å². The number of nitrogen functional groups attached to an aromatic ring is 1. The van der Waals surface area contributed by atoms with E-state index in [9.17, 15) is 0 Å². The zero-order valence-corrected chi connectivity index (χ0v) is 12.0. The largest absolute Gasteiger partial charge is 0.496 e. The number of ether oxygens (including phenoxy) is 1. The number of nitrogens with zero attached hydrogens (tertiary/aromatic N) is 2. The topological polar surface area (TPSA) is 53.1 Å². The highest BCUT2D eigenvalue weighted by Crippen LogP contribution is 2.28. The van der Waals surface area contributed by atoms with Crippen LogP contribution in [0.5, 0.6) is 5.75 Å². The normalized spacial score (nSPS) is 11.0. The molecule has 4 heteroatoms. The average molecular weight is 259 g/mol. The van der Waals surface area contributed by atoms with Crippen LogP contribution in [0.25, 0.3) is 0 Å². The van der Waals surface area contributed by atoms with Crippen molar-refractivity contribution < 1.29 is 4.74 Å². The smallest absolute Gasteiger partial charge is 0.122 e. The van der Waals surface area contributed by atoms with Gasteiger partial charge in [0.05, 0.1) is 12.8 Å². The van der Waals surface area contributed by atoms with E-state index in [0.29, 0.717) is 11.7 Å². The number of methoxy groups -OCH3 is 1. The molecule has 2 N–H and O–H groups in total. The SMILES string of the molecule is COc1ccc(Cc2cc(N)n(C)n2)cc1C(C)C. The Bertz CT molecular complexity index is 553. The summed E-state index contributed by atoms with van der Waals surface area (Å²) in [6.45, 7) is 4.33. The van der Waals surface area contributed by atoms with Gasteiger partial charge >= 0.3 is 0 Å². The number of rotatable bonds is 4. The van der Waals surface area contributed by atoms with E-state index in [0.717, 1.165) is 17.9 Å². The minimum atomic E-state index is 0.434. The summed E-state index contributed by atoms with van der Waals surface area (Å²) in [5.74, 6) is 2.07. The van der Waals surface area contributed by atoms with E-state index in [1.165, 1.54) is 11.1 Å². The molecule has 0 saturated heterocycles. The Hall–Kier alpha value is -1.97. The van der Waals surface area contributed by atoms with E-state index >= 15 is 0 Å². The Morgan fingerprint density at radius 3 is 2.58 bits per heavy atom. The number of hydrogen-bond donors (Lipinski definition) is 1. The predicted molar refractivity (Wildman–Crippen MR) is 77.5 cm³/mol. The highest BCUT2D eigenvalue weighted by atomic mass is 16.5. The first-order valence-electron chi connectivity index (χ1n) is 6.46. The molecule has 2 rings (SSSR count). The van der Waals surface area contributed by atoms with Gasteiger partial charge in [-0.15, -0.1) is 0 Å². The maximum Gasteiger partial charge on any atom is 0.122 e. The predicted octanol–water partition coefficient (Wildman–Crippen LogP) is 2.73. The lowest BCUT2D eigenvalue weighted by atomic mass is 9.98. The summed E-state index contributed by atoms with van der Waals surface area (Å²) in [7, 11) is 3.56. The molecule has 0 atom stereocenters. The number of anilines is 1. The Kier molecular flexibility index (Phi) is 3.79. The van der Waals surface area contributed by atoms with Crippen LogP contribution in [-0.4, -0.2) is 16.9 Å². The number of aryl methyl sites for hydroxylation is 1. The molecule has 0 amide bonds. The fourth-order valence-corrected chi connectivity index (χ4v) is 2.18. The van der Waals surface area contributed by atoms with Gasteiger partial charge < -0.3 is 10.5 Å². The number of aromatic nitrogens is 2. The molecule has 1 aromatic carbocycles. The number of benzene rings is 1. The van der Waals surface area contributed by atoms with Crippen LogP contribution in [0.2, 0.25) is 0 Å². The van der Waals surface area contributed by atoms with Crippen molar-refractivity contribution in [2.45, 2.75) is 26.2 Å². The summed E-state index contributed by atoms with van der Waals surface area (Å²) in [5, 5.41) is 4.38. The molecule has 0 aliphatic heterocycles. The van der Waals surface area contributed by atoms with Crippen LogP contribution in [-0.2, 0) is 13.5 Å². The summed E-state index contributed by atoms with van der Waals surface area (Å²) in [6.07, 6.45) is 0.786. The fourth-order valence-electron chi connectivity index (χ4n) is 2.18. The molecule has 0 fully saturated rings. The first kappa shape index (κ1) is 13.5. The summed E-state index contributed by atoms with van der Waals surface area (Å²) in [4.78, 5) is 0. The minimum absolute atomic E-state index is 0.434. The van der Waals surface area contributed by atoms with Gasteiger partial charge in [0.1, 0.15) is 11.6 Å². The van der Waals surface area contributed by atoms with Crippen molar-refractivity contribution in [1.29, 1.82) is 0 Å². The molecular weight excluding hydrogens is 238 g/mol. The van der Waals surface area contributed by atoms with Crippen LogP contribution in [0.1, 0.15) is 36.6 Å². The molecule has 1 heterocycles. The second-order valence-electron chi connectivity index (χ2n) is 5.09. The van der Waals surface area contributed by atoms with Gasteiger partial charge in [-0.2, -0.15) is 5.10 Å². The molecule has 0 saturated carbocycles. The lowest BCUT2D eigenvalue weighted by Crippen LogP contribution is -1.99. The quantitative estimate of drug-likeness (QED) is 0.918. The van der Waals surface area contributed by atoms with E-state index < -0.39 is 0 Å². The zero-order valence-electron chi connectivity index (χ0n) is 12.0. The van der Waals surface area contributed by atoms with Gasteiger partial charge in [-0.3, -0.25) is 4.68 Å². The van der Waals surface area contributed by atoms with Gasteiger partial charge in [-0.1, -0.05) is 26.0 Å². The van der Waals surface area contributed by atoms with Crippen molar-refractivity contribution in [3.8, 4) is 5.75 Å². The molecule has 102 valence electrons. The third-order valence-corrected chi connectivity index (χ3v) is 3.27. The molecule has 1 aromatic heterocycles. The molecule has 0 spiro atoms. The molecule has 0 unspecified atom stereocenters. The molecule has 19 heavy (non-hydrogen) atoms. The van der Waals surface area contributed by atoms with E-state index in [-0.39, 0.29) is 0 Å². The Morgan fingerprint density at radius 1 is 1.32 bits per heavy atom. The Morgan fingerprint density at radius 2 is 2.05 bits per heavy atom. The van der Waals surface area contributed by atoms with E-state index in [1.807, 2.05) is 19.2 Å². The maximum absolute atomic E-state index is 5.80. The van der Waals surface area contributed by atoms with Crippen molar-refractivity contribution in [3.63, 3.8) is 0 Å². The molecule has 0 bridgehead atoms. The molecule has 0 radical (unpaired) electrons. The van der Waals surface area contributed by atoms with Gasteiger partial charge in [0.2, 0.25) is 0 Å². The molecule has 0 aliphatic carbocycles. The van der Waals surface area contributed by atoms with Gasteiger partial charge in [-0.05, 0) is 23.1 Å². The van der Waals surface area contributed by atoms with Crippen LogP contribution in [0.4, 0.5) is 5.82 Å². The standard InChI is InChI=1S/C15H21N3O/c1-10(2)13-8-11(5-6-14(13)19-4)7-12-9-15(16)18(3)17-12/h5-6,8-10H,7,16H2,1-4H3. The van der Waals surface area contributed by atoms with Crippen molar-refractivity contribution >= 4 is 5.82 Å². The second-order valence-corrected chi connectivity index (χ2v) is 5.09. The summed E-state index contributed by atoms with van der Waals surface area (Å²) >= 11 is 0. The van der Waals surface area contributed by atoms with Crippen molar-refractivity contribution in [1.82, 2.24) is 9.78 Å². The summed E-state index contributed by atoms with van der Waals surface area (Å²) in [5.41, 5.74) is 9.23. The first-order chi connectivity index (χ1) is 9.01. The maximum atomic E-state index is 5.80. The van der Waals surface area contributed by atoms with Gasteiger partial charge in [0.15, 0.2) is 0 Å². The lowest BCUT2D eigenvalue weighted by Gasteiger charge is -2.13. The third-order valence-electron chi connectivity index (χ3n) is 3.27. The van der Waals surface area contributed by atoms with E-state index in [4.69, 9.17) is 10.5 Å². The van der Waals surface area contributed by atoms with Crippen LogP contribution >= 0.6 is 0 Å². The summed E-state index contributed by atoms with van der Waals surface area (Å²) < 4.78 is 7.09. The average Bonchev–Trinajstić information content (AvgIpc) is 2.68. The van der Waals surface area contributed by atoms with Gasteiger partial charge in [0.25, 0.3) is 0 Å². The highest BCUT2D eigenvalue weighted by molar-refractivity contribution is 5.41. The Labute approximate surface area is 114 Å². The summed E-state index contributed by atoms with van der Waals surface area (Å²) in [6, 6.07) is 8.21. The van der Waals surface area contributed by atoms with Gasteiger partial charge in [0, 0.05) is 19.5 Å². The van der Waals surface area contributed by atoms with E-state index in [1.54, 1.807) is 11.8 Å². The third kappa shape index (κ3) is 2.89. The molecule has 4 nitrogen and oxygen atoms in total. The zero-order chi connectivity index (χ0) is 14.0. The van der Waals surface area contributed by atoms with Crippen LogP contribution < -0.4 is 10.5 Å². The highest BCUT2D eigenvalue weighted by Gasteiger charge is 2.10.